The molecule has 0 aliphatic carbocycles. The second kappa shape index (κ2) is 53.4. The van der Waals surface area contributed by atoms with E-state index in [9.17, 15) is 0 Å². The number of ether oxygens (including phenoxy) is 13. The minimum Gasteiger partial charge on any atom is -0.379 e. The molecule has 55 heavy (non-hydrogen) atoms. The third-order valence-electron chi connectivity index (χ3n) is 8.12. The molecule has 2 N–H and O–H groups in total. The molecule has 0 aliphatic heterocycles. The van der Waals surface area contributed by atoms with Crippen LogP contribution in [0.4, 0.5) is 0 Å². The summed E-state index contributed by atoms with van der Waals surface area (Å²) in [6.07, 6.45) is 17.8. The Kier molecular flexibility index (Phi) is 52.9. The number of hydrogen-bond acceptors (Lipinski definition) is 14. The second-order valence-electron chi connectivity index (χ2n) is 13.0. The highest BCUT2D eigenvalue weighted by molar-refractivity contribution is 4.49. The van der Waals surface area contributed by atoms with Gasteiger partial charge in [-0.05, 0) is 6.42 Å². The van der Waals surface area contributed by atoms with Crippen molar-refractivity contribution in [2.24, 2.45) is 5.73 Å². The lowest BCUT2D eigenvalue weighted by Crippen LogP contribution is -2.16. The molecule has 0 fully saturated rings. The standard InChI is InChI=1S/C41H85NO13/c1-2-3-4-5-6-7-8-9-10-11-12-13-14-16-43-18-20-45-22-24-47-26-28-49-30-32-51-34-36-53-38-40-55-41-39-54-37-35-52-33-31-50-29-27-48-25-23-46-21-19-44-17-15-42/h2-42H2,1H3. The van der Waals surface area contributed by atoms with E-state index in [2.05, 4.69) is 6.92 Å². The maximum absolute atomic E-state index is 5.68. The van der Waals surface area contributed by atoms with Crippen LogP contribution in [0.15, 0.2) is 0 Å². The normalized spacial score (nSPS) is 11.7. The van der Waals surface area contributed by atoms with Crippen molar-refractivity contribution in [2.45, 2.75) is 90.4 Å². The Hall–Kier alpha value is -0.560. The van der Waals surface area contributed by atoms with Crippen molar-refractivity contribution in [1.29, 1.82) is 0 Å². The van der Waals surface area contributed by atoms with Gasteiger partial charge >= 0.3 is 0 Å². The van der Waals surface area contributed by atoms with Gasteiger partial charge in [0.25, 0.3) is 0 Å². The molecule has 0 aromatic carbocycles. The van der Waals surface area contributed by atoms with E-state index >= 15 is 0 Å². The van der Waals surface area contributed by atoms with Crippen molar-refractivity contribution >= 4 is 0 Å². The first-order chi connectivity index (χ1) is 27.4. The summed E-state index contributed by atoms with van der Waals surface area (Å²) < 4.78 is 71.3. The molecule has 0 aromatic rings. The van der Waals surface area contributed by atoms with Crippen LogP contribution in [0.3, 0.4) is 0 Å². The highest BCUT2D eigenvalue weighted by Crippen LogP contribution is 2.12. The van der Waals surface area contributed by atoms with Crippen molar-refractivity contribution in [1.82, 2.24) is 0 Å². The van der Waals surface area contributed by atoms with Crippen molar-refractivity contribution in [3.8, 4) is 0 Å². The number of rotatable bonds is 52. The Morgan fingerprint density at radius 2 is 0.364 bits per heavy atom. The first-order valence-electron chi connectivity index (χ1n) is 21.6. The van der Waals surface area contributed by atoms with Crippen LogP contribution in [0.25, 0.3) is 0 Å². The Morgan fingerprint density at radius 3 is 0.564 bits per heavy atom. The van der Waals surface area contributed by atoms with E-state index in [4.69, 9.17) is 67.3 Å². The van der Waals surface area contributed by atoms with Gasteiger partial charge in [0.05, 0.1) is 165 Å². The summed E-state index contributed by atoms with van der Waals surface area (Å²) in [5.41, 5.74) is 5.34. The van der Waals surface area contributed by atoms with Crippen LogP contribution >= 0.6 is 0 Å². The van der Waals surface area contributed by atoms with Gasteiger partial charge in [-0.3, -0.25) is 0 Å². The molecule has 332 valence electrons. The smallest absolute Gasteiger partial charge is 0.0701 e. The molecule has 0 radical (unpaired) electrons. The average molecular weight is 800 g/mol. The van der Waals surface area contributed by atoms with Gasteiger partial charge in [0.2, 0.25) is 0 Å². The summed E-state index contributed by atoms with van der Waals surface area (Å²) >= 11 is 0. The van der Waals surface area contributed by atoms with Gasteiger partial charge in [0.1, 0.15) is 0 Å². The summed E-state index contributed by atoms with van der Waals surface area (Å²) in [6, 6.07) is 0. The van der Waals surface area contributed by atoms with Crippen molar-refractivity contribution in [3.05, 3.63) is 0 Å². The largest absolute Gasteiger partial charge is 0.379 e. The van der Waals surface area contributed by atoms with E-state index in [-0.39, 0.29) is 0 Å². The molecule has 0 aromatic heterocycles. The minimum absolute atomic E-state index is 0.513. The molecular weight excluding hydrogens is 714 g/mol. The fraction of sp³-hybridized carbons (Fsp3) is 1.00. The SMILES string of the molecule is CCCCCCCCCCCCCCCOCCOCCOCCOCCOCCOCCOCCOCCOCCOCCOCCOCCOCCN. The van der Waals surface area contributed by atoms with Gasteiger partial charge in [0.15, 0.2) is 0 Å². The third-order valence-corrected chi connectivity index (χ3v) is 8.12. The van der Waals surface area contributed by atoms with E-state index in [1.54, 1.807) is 0 Å². The van der Waals surface area contributed by atoms with E-state index in [0.717, 1.165) is 13.0 Å². The first-order valence-corrected chi connectivity index (χ1v) is 21.6. The van der Waals surface area contributed by atoms with E-state index < -0.39 is 0 Å². The molecule has 0 bridgehead atoms. The monoisotopic (exact) mass is 800 g/mol. The highest BCUT2D eigenvalue weighted by atomic mass is 16.6. The van der Waals surface area contributed by atoms with E-state index in [1.807, 2.05) is 0 Å². The van der Waals surface area contributed by atoms with Crippen LogP contribution in [0.1, 0.15) is 90.4 Å². The summed E-state index contributed by atoms with van der Waals surface area (Å²) in [7, 11) is 0. The van der Waals surface area contributed by atoms with Crippen LogP contribution in [-0.4, -0.2) is 178 Å². The summed E-state index contributed by atoms with van der Waals surface area (Å²) in [5, 5.41) is 0. The van der Waals surface area contributed by atoms with Gasteiger partial charge in [0, 0.05) is 13.2 Å². The third kappa shape index (κ3) is 53.4. The summed E-state index contributed by atoms with van der Waals surface area (Å²) in [4.78, 5) is 0. The molecule has 0 saturated heterocycles. The van der Waals surface area contributed by atoms with E-state index in [1.165, 1.54) is 77.0 Å². The molecule has 14 heteroatoms. The van der Waals surface area contributed by atoms with Crippen LogP contribution in [0, 0.1) is 0 Å². The lowest BCUT2D eigenvalue weighted by molar-refractivity contribution is -0.0290. The van der Waals surface area contributed by atoms with Gasteiger partial charge in [-0.1, -0.05) is 84.0 Å². The quantitative estimate of drug-likeness (QED) is 0.0800. The zero-order valence-corrected chi connectivity index (χ0v) is 35.2. The Balaban J connectivity index is 3.05. The van der Waals surface area contributed by atoms with Gasteiger partial charge in [-0.2, -0.15) is 0 Å². The first kappa shape index (κ1) is 54.4. The van der Waals surface area contributed by atoms with Gasteiger partial charge in [-0.15, -0.1) is 0 Å². The lowest BCUT2D eigenvalue weighted by atomic mass is 10.0. The van der Waals surface area contributed by atoms with Crippen molar-refractivity contribution in [3.63, 3.8) is 0 Å². The molecule has 0 amide bonds. The molecule has 0 atom stereocenters. The van der Waals surface area contributed by atoms with Gasteiger partial charge < -0.3 is 67.3 Å². The van der Waals surface area contributed by atoms with Crippen LogP contribution in [0.5, 0.6) is 0 Å². The number of nitrogens with two attached hydrogens (primary N) is 1. The number of hydrogen-bond donors (Lipinski definition) is 1. The maximum atomic E-state index is 5.68. The molecule has 0 rings (SSSR count). The van der Waals surface area contributed by atoms with Crippen LogP contribution in [0.2, 0.25) is 0 Å². The Bertz CT molecular complexity index is 605. The number of unbranched alkanes of at least 4 members (excludes halogenated alkanes) is 12. The second-order valence-corrected chi connectivity index (χ2v) is 13.0. The average Bonchev–Trinajstić information content (AvgIpc) is 3.20. The molecule has 0 heterocycles. The summed E-state index contributed by atoms with van der Waals surface area (Å²) in [6.45, 7) is 17.1. The van der Waals surface area contributed by atoms with Crippen LogP contribution in [-0.2, 0) is 61.6 Å². The van der Waals surface area contributed by atoms with Crippen molar-refractivity contribution < 1.29 is 61.6 Å². The van der Waals surface area contributed by atoms with Gasteiger partial charge in [-0.25, -0.2) is 0 Å². The zero-order chi connectivity index (χ0) is 39.5. The molecule has 0 spiro atoms. The van der Waals surface area contributed by atoms with Crippen molar-refractivity contribution in [2.75, 3.05) is 178 Å². The minimum atomic E-state index is 0.513. The topological polar surface area (TPSA) is 146 Å². The molecule has 14 nitrogen and oxygen atoms in total. The fourth-order valence-corrected chi connectivity index (χ4v) is 5.05. The lowest BCUT2D eigenvalue weighted by Gasteiger charge is -2.09. The zero-order valence-electron chi connectivity index (χ0n) is 35.2. The van der Waals surface area contributed by atoms with E-state index in [0.29, 0.717) is 172 Å². The predicted molar refractivity (Wildman–Crippen MR) is 215 cm³/mol. The molecule has 0 saturated carbocycles. The summed E-state index contributed by atoms with van der Waals surface area (Å²) in [5.74, 6) is 0. The maximum Gasteiger partial charge on any atom is 0.0701 e. The Labute approximate surface area is 335 Å². The Morgan fingerprint density at radius 1 is 0.200 bits per heavy atom. The molecule has 0 aliphatic rings. The predicted octanol–water partition coefficient (Wildman–Crippen LogP) is 5.25. The fourth-order valence-electron chi connectivity index (χ4n) is 5.05. The highest BCUT2D eigenvalue weighted by Gasteiger charge is 1.98. The van der Waals surface area contributed by atoms with Crippen LogP contribution < -0.4 is 5.73 Å². The molecule has 0 unspecified atom stereocenters. The molecular formula is C41H85NO13.